The first-order valence-electron chi connectivity index (χ1n) is 7.33. The van der Waals surface area contributed by atoms with E-state index in [0.29, 0.717) is 30.5 Å². The fraction of sp³-hybridized carbons (Fsp3) is 0.294. The smallest absolute Gasteiger partial charge is 0.232 e. The van der Waals surface area contributed by atoms with Crippen LogP contribution in [0.5, 0.6) is 5.75 Å². The SMILES string of the molecule is CS(=O)(=O)N1CC(CCl)c2ccc(OCc3ccccc3)cc21. The highest BCUT2D eigenvalue weighted by Gasteiger charge is 2.33. The van der Waals surface area contributed by atoms with Crippen LogP contribution >= 0.6 is 11.6 Å². The molecular formula is C17H18ClNO3S. The summed E-state index contributed by atoms with van der Waals surface area (Å²) < 4.78 is 31.2. The number of fused-ring (bicyclic) bond motifs is 1. The second-order valence-electron chi connectivity index (χ2n) is 5.64. The Morgan fingerprint density at radius 2 is 1.96 bits per heavy atom. The maximum absolute atomic E-state index is 12.0. The van der Waals surface area contributed by atoms with Crippen molar-refractivity contribution in [3.63, 3.8) is 0 Å². The average molecular weight is 352 g/mol. The molecule has 1 aliphatic heterocycles. The van der Waals surface area contributed by atoms with Crippen LogP contribution in [-0.2, 0) is 16.6 Å². The summed E-state index contributed by atoms with van der Waals surface area (Å²) in [5, 5.41) is 0. The number of alkyl halides is 1. The van der Waals surface area contributed by atoms with Gasteiger partial charge in [-0.1, -0.05) is 36.4 Å². The van der Waals surface area contributed by atoms with Gasteiger partial charge in [-0.2, -0.15) is 0 Å². The number of ether oxygens (including phenoxy) is 1. The van der Waals surface area contributed by atoms with Crippen molar-refractivity contribution in [1.82, 2.24) is 0 Å². The minimum Gasteiger partial charge on any atom is -0.489 e. The van der Waals surface area contributed by atoms with E-state index in [1.165, 1.54) is 10.6 Å². The van der Waals surface area contributed by atoms with Crippen molar-refractivity contribution in [3.05, 3.63) is 59.7 Å². The molecule has 0 radical (unpaired) electrons. The van der Waals surface area contributed by atoms with Crippen molar-refractivity contribution >= 4 is 27.3 Å². The Hall–Kier alpha value is -1.72. The first-order chi connectivity index (χ1) is 11.0. The van der Waals surface area contributed by atoms with Crippen LogP contribution in [-0.4, -0.2) is 27.1 Å². The molecular weight excluding hydrogens is 334 g/mol. The normalized spacial score (nSPS) is 17.1. The summed E-state index contributed by atoms with van der Waals surface area (Å²) in [4.78, 5) is 0. The van der Waals surface area contributed by atoms with Gasteiger partial charge in [0.1, 0.15) is 12.4 Å². The van der Waals surface area contributed by atoms with E-state index in [4.69, 9.17) is 16.3 Å². The molecule has 23 heavy (non-hydrogen) atoms. The molecule has 2 aromatic rings. The number of nitrogens with zero attached hydrogens (tertiary/aromatic N) is 1. The largest absolute Gasteiger partial charge is 0.489 e. The molecule has 0 saturated carbocycles. The lowest BCUT2D eigenvalue weighted by molar-refractivity contribution is 0.306. The standard InChI is InChI=1S/C17H18ClNO3S/c1-23(20,21)19-11-14(10-18)16-8-7-15(9-17(16)19)22-12-13-5-3-2-4-6-13/h2-9,14H,10-12H2,1H3. The highest BCUT2D eigenvalue weighted by molar-refractivity contribution is 7.92. The predicted molar refractivity (Wildman–Crippen MR) is 92.9 cm³/mol. The molecule has 1 unspecified atom stereocenters. The number of anilines is 1. The third-order valence-corrected chi connectivity index (χ3v) is 5.45. The molecule has 1 atom stereocenters. The molecule has 122 valence electrons. The third kappa shape index (κ3) is 3.46. The molecule has 0 aromatic heterocycles. The quantitative estimate of drug-likeness (QED) is 0.776. The zero-order valence-electron chi connectivity index (χ0n) is 12.8. The molecule has 0 spiro atoms. The van der Waals surface area contributed by atoms with Crippen LogP contribution in [0.2, 0.25) is 0 Å². The zero-order valence-corrected chi connectivity index (χ0v) is 14.3. The molecule has 1 aliphatic rings. The third-order valence-electron chi connectivity index (χ3n) is 3.93. The van der Waals surface area contributed by atoms with E-state index in [1.807, 2.05) is 42.5 Å². The fourth-order valence-electron chi connectivity index (χ4n) is 2.76. The van der Waals surface area contributed by atoms with Crippen molar-refractivity contribution in [3.8, 4) is 5.75 Å². The minimum absolute atomic E-state index is 0.0181. The number of hydrogen-bond donors (Lipinski definition) is 0. The van der Waals surface area contributed by atoms with Gasteiger partial charge in [-0.3, -0.25) is 4.31 Å². The Morgan fingerprint density at radius 3 is 2.61 bits per heavy atom. The fourth-order valence-corrected chi connectivity index (χ4v) is 3.99. The van der Waals surface area contributed by atoms with Gasteiger partial charge in [0, 0.05) is 24.4 Å². The van der Waals surface area contributed by atoms with Crippen LogP contribution in [0.3, 0.4) is 0 Å². The summed E-state index contributed by atoms with van der Waals surface area (Å²) in [7, 11) is -3.32. The van der Waals surface area contributed by atoms with E-state index in [-0.39, 0.29) is 5.92 Å². The summed E-state index contributed by atoms with van der Waals surface area (Å²) in [6.07, 6.45) is 1.21. The molecule has 6 heteroatoms. The topological polar surface area (TPSA) is 46.6 Å². The van der Waals surface area contributed by atoms with Gasteiger partial charge in [0.05, 0.1) is 11.9 Å². The number of halogens is 1. The van der Waals surface area contributed by atoms with Crippen molar-refractivity contribution in [2.75, 3.05) is 23.0 Å². The molecule has 0 N–H and O–H groups in total. The molecule has 3 rings (SSSR count). The second-order valence-corrected chi connectivity index (χ2v) is 7.86. The molecule has 4 nitrogen and oxygen atoms in total. The first kappa shape index (κ1) is 16.1. The predicted octanol–water partition coefficient (Wildman–Crippen LogP) is 3.37. The Kier molecular flexibility index (Phi) is 4.50. The summed E-state index contributed by atoms with van der Waals surface area (Å²) >= 11 is 5.98. The van der Waals surface area contributed by atoms with Crippen molar-refractivity contribution in [1.29, 1.82) is 0 Å². The second kappa shape index (κ2) is 6.42. The van der Waals surface area contributed by atoms with Crippen LogP contribution in [0.1, 0.15) is 17.0 Å². The van der Waals surface area contributed by atoms with Crippen molar-refractivity contribution in [2.24, 2.45) is 0 Å². The van der Waals surface area contributed by atoms with E-state index in [1.54, 1.807) is 6.07 Å². The van der Waals surface area contributed by atoms with Crippen LogP contribution in [0, 0.1) is 0 Å². The van der Waals surface area contributed by atoms with E-state index >= 15 is 0 Å². The molecule has 1 heterocycles. The maximum Gasteiger partial charge on any atom is 0.232 e. The van der Waals surface area contributed by atoms with Gasteiger partial charge in [0.2, 0.25) is 10.0 Å². The molecule has 0 saturated heterocycles. The molecule has 0 aliphatic carbocycles. The summed E-state index contributed by atoms with van der Waals surface area (Å²) in [5.41, 5.74) is 2.69. The number of sulfonamides is 1. The lowest BCUT2D eigenvalue weighted by Gasteiger charge is -2.17. The highest BCUT2D eigenvalue weighted by Crippen LogP contribution is 2.40. The zero-order chi connectivity index (χ0) is 16.4. The van der Waals surface area contributed by atoms with Crippen molar-refractivity contribution < 1.29 is 13.2 Å². The van der Waals surface area contributed by atoms with Crippen LogP contribution < -0.4 is 9.04 Å². The molecule has 0 bridgehead atoms. The van der Waals surface area contributed by atoms with E-state index < -0.39 is 10.0 Å². The van der Waals surface area contributed by atoms with E-state index in [9.17, 15) is 8.42 Å². The maximum atomic E-state index is 12.0. The van der Waals surface area contributed by atoms with Crippen LogP contribution in [0.15, 0.2) is 48.5 Å². The number of hydrogen-bond acceptors (Lipinski definition) is 3. The van der Waals surface area contributed by atoms with Gasteiger partial charge in [-0.15, -0.1) is 11.6 Å². The molecule has 2 aromatic carbocycles. The highest BCUT2D eigenvalue weighted by atomic mass is 35.5. The monoisotopic (exact) mass is 351 g/mol. The minimum atomic E-state index is -3.32. The van der Waals surface area contributed by atoms with E-state index in [0.717, 1.165) is 11.1 Å². The lowest BCUT2D eigenvalue weighted by atomic mass is 10.0. The molecule has 0 fully saturated rings. The van der Waals surface area contributed by atoms with Gasteiger partial charge in [-0.25, -0.2) is 8.42 Å². The van der Waals surface area contributed by atoms with Gasteiger partial charge in [0.15, 0.2) is 0 Å². The summed E-state index contributed by atoms with van der Waals surface area (Å²) in [6.45, 7) is 0.831. The van der Waals surface area contributed by atoms with Crippen LogP contribution in [0.25, 0.3) is 0 Å². The van der Waals surface area contributed by atoms with Crippen LogP contribution in [0.4, 0.5) is 5.69 Å². The number of benzene rings is 2. The summed E-state index contributed by atoms with van der Waals surface area (Å²) in [6, 6.07) is 15.4. The summed E-state index contributed by atoms with van der Waals surface area (Å²) in [5.74, 6) is 1.06. The Labute approximate surface area is 141 Å². The van der Waals surface area contributed by atoms with Gasteiger partial charge < -0.3 is 4.74 Å². The van der Waals surface area contributed by atoms with Gasteiger partial charge in [-0.05, 0) is 17.2 Å². The van der Waals surface area contributed by atoms with Gasteiger partial charge >= 0.3 is 0 Å². The lowest BCUT2D eigenvalue weighted by Crippen LogP contribution is -2.28. The Balaban J connectivity index is 1.85. The Bertz CT molecular complexity index is 793. The first-order valence-corrected chi connectivity index (χ1v) is 9.71. The molecule has 0 amide bonds. The Morgan fingerprint density at radius 1 is 1.22 bits per heavy atom. The van der Waals surface area contributed by atoms with Gasteiger partial charge in [0.25, 0.3) is 0 Å². The average Bonchev–Trinajstić information content (AvgIpc) is 2.92. The number of rotatable bonds is 5. The van der Waals surface area contributed by atoms with E-state index in [2.05, 4.69) is 0 Å². The van der Waals surface area contributed by atoms with Crippen molar-refractivity contribution in [2.45, 2.75) is 12.5 Å².